The molecule has 0 unspecified atom stereocenters. The molecule has 78 valence electrons. The van der Waals surface area contributed by atoms with E-state index >= 15 is 0 Å². The number of hydrogen-bond acceptors (Lipinski definition) is 2. The molecule has 0 amide bonds. The Morgan fingerprint density at radius 3 is 2.93 bits per heavy atom. The number of carbonyl (C=O) groups excluding carboxylic acids is 1. The predicted octanol–water partition coefficient (Wildman–Crippen LogP) is 2.05. The molecule has 2 nitrogen and oxygen atoms in total. The normalized spacial score (nSPS) is 9.00. The highest BCUT2D eigenvalue weighted by molar-refractivity contribution is 5.89. The molecule has 0 radical (unpaired) electrons. The number of esters is 1. The molecule has 3 heteroatoms. The Hall–Kier alpha value is -1.82. The van der Waals surface area contributed by atoms with Crippen LogP contribution in [0.1, 0.15) is 18.1 Å². The average Bonchev–Trinajstić information content (AvgIpc) is 2.21. The van der Waals surface area contributed by atoms with Gasteiger partial charge in [-0.15, -0.1) is 0 Å². The lowest BCUT2D eigenvalue weighted by molar-refractivity contribution is -0.136. The fourth-order valence-corrected chi connectivity index (χ4v) is 1.03. The largest absolute Gasteiger partial charge is 0.456 e. The number of rotatable bonds is 1. The first-order valence-corrected chi connectivity index (χ1v) is 4.59. The zero-order valence-corrected chi connectivity index (χ0v) is 8.63. The van der Waals surface area contributed by atoms with Gasteiger partial charge in [0.15, 0.2) is 0 Å². The van der Waals surface area contributed by atoms with E-state index in [2.05, 4.69) is 16.6 Å². The van der Waals surface area contributed by atoms with E-state index in [1.165, 1.54) is 6.07 Å². The zero-order valence-electron chi connectivity index (χ0n) is 8.63. The van der Waals surface area contributed by atoms with Crippen molar-refractivity contribution in [3.05, 3.63) is 35.1 Å². The summed E-state index contributed by atoms with van der Waals surface area (Å²) in [5, 5.41) is 0. The van der Waals surface area contributed by atoms with Crippen molar-refractivity contribution < 1.29 is 13.9 Å². The van der Waals surface area contributed by atoms with E-state index in [9.17, 15) is 9.18 Å². The number of halogens is 1. The van der Waals surface area contributed by atoms with Crippen molar-refractivity contribution in [2.45, 2.75) is 13.8 Å². The summed E-state index contributed by atoms with van der Waals surface area (Å²) in [5.74, 6) is 3.94. The van der Waals surface area contributed by atoms with Gasteiger partial charge in [-0.1, -0.05) is 12.0 Å². The minimum Gasteiger partial charge on any atom is -0.456 e. The first-order valence-electron chi connectivity index (χ1n) is 4.59. The summed E-state index contributed by atoms with van der Waals surface area (Å²) in [6.07, 6.45) is 0. The number of benzene rings is 1. The molecule has 1 aromatic rings. The van der Waals surface area contributed by atoms with Crippen molar-refractivity contribution in [2.24, 2.45) is 0 Å². The summed E-state index contributed by atoms with van der Waals surface area (Å²) >= 11 is 0. The third-order valence-electron chi connectivity index (χ3n) is 1.84. The van der Waals surface area contributed by atoms with Gasteiger partial charge in [0.2, 0.25) is 0 Å². The van der Waals surface area contributed by atoms with Crippen LogP contribution in [-0.2, 0) is 9.53 Å². The van der Waals surface area contributed by atoms with Crippen molar-refractivity contribution >= 4 is 5.97 Å². The first-order chi connectivity index (χ1) is 7.15. The average molecular weight is 206 g/mol. The lowest BCUT2D eigenvalue weighted by Crippen LogP contribution is -1.99. The Balaban J connectivity index is 2.89. The van der Waals surface area contributed by atoms with Gasteiger partial charge in [-0.25, -0.2) is 9.18 Å². The van der Waals surface area contributed by atoms with Crippen LogP contribution in [0.25, 0.3) is 0 Å². The van der Waals surface area contributed by atoms with Crippen LogP contribution in [0.15, 0.2) is 18.2 Å². The van der Waals surface area contributed by atoms with Crippen molar-refractivity contribution in [3.8, 4) is 11.8 Å². The Labute approximate surface area is 88.1 Å². The van der Waals surface area contributed by atoms with Gasteiger partial charge in [0.1, 0.15) is 5.82 Å². The molecule has 0 saturated heterocycles. The SMILES string of the molecule is CCOC(=O)C#Cc1cccc(F)c1C. The fraction of sp³-hybridized carbons (Fsp3) is 0.250. The van der Waals surface area contributed by atoms with Gasteiger partial charge in [-0.3, -0.25) is 0 Å². The van der Waals surface area contributed by atoms with Gasteiger partial charge in [-0.05, 0) is 26.0 Å². The summed E-state index contributed by atoms with van der Waals surface area (Å²) in [5.41, 5.74) is 0.942. The quantitative estimate of drug-likeness (QED) is 0.519. The van der Waals surface area contributed by atoms with Crippen LogP contribution in [-0.4, -0.2) is 12.6 Å². The third kappa shape index (κ3) is 3.10. The first kappa shape index (κ1) is 11.3. The van der Waals surface area contributed by atoms with Crippen molar-refractivity contribution in [3.63, 3.8) is 0 Å². The minimum atomic E-state index is -0.596. The van der Waals surface area contributed by atoms with Crippen molar-refractivity contribution in [2.75, 3.05) is 6.61 Å². The van der Waals surface area contributed by atoms with Gasteiger partial charge >= 0.3 is 5.97 Å². The standard InChI is InChI=1S/C12H11FO2/c1-3-15-12(14)8-7-10-5-4-6-11(13)9(10)2/h4-6H,3H2,1-2H3. The number of hydrogen-bond donors (Lipinski definition) is 0. The molecule has 15 heavy (non-hydrogen) atoms. The molecular formula is C12H11FO2. The van der Waals surface area contributed by atoms with Crippen LogP contribution in [0.4, 0.5) is 4.39 Å². The van der Waals surface area contributed by atoms with Crippen LogP contribution in [0.5, 0.6) is 0 Å². The van der Waals surface area contributed by atoms with Crippen LogP contribution >= 0.6 is 0 Å². The van der Waals surface area contributed by atoms with Gasteiger partial charge in [0, 0.05) is 17.0 Å². The maximum Gasteiger partial charge on any atom is 0.384 e. The van der Waals surface area contributed by atoms with E-state index in [1.807, 2.05) is 0 Å². The molecular weight excluding hydrogens is 195 g/mol. The number of ether oxygens (including phenoxy) is 1. The van der Waals surface area contributed by atoms with Gasteiger partial charge < -0.3 is 4.74 Å². The molecule has 0 atom stereocenters. The summed E-state index contributed by atoms with van der Waals surface area (Å²) in [4.78, 5) is 10.9. The van der Waals surface area contributed by atoms with E-state index < -0.39 is 5.97 Å². The van der Waals surface area contributed by atoms with E-state index in [0.29, 0.717) is 11.1 Å². The molecule has 1 rings (SSSR count). The summed E-state index contributed by atoms with van der Waals surface area (Å²) in [7, 11) is 0. The Kier molecular flexibility index (Phi) is 3.87. The highest BCUT2D eigenvalue weighted by Crippen LogP contribution is 2.10. The van der Waals surface area contributed by atoms with Crippen LogP contribution in [0.2, 0.25) is 0 Å². The Bertz CT molecular complexity index is 427. The highest BCUT2D eigenvalue weighted by atomic mass is 19.1. The van der Waals surface area contributed by atoms with E-state index in [4.69, 9.17) is 0 Å². The van der Waals surface area contributed by atoms with E-state index in [-0.39, 0.29) is 12.4 Å². The second kappa shape index (κ2) is 5.16. The molecule has 0 aromatic heterocycles. The van der Waals surface area contributed by atoms with Gasteiger partial charge in [0.05, 0.1) is 6.61 Å². The maximum atomic E-state index is 13.1. The Morgan fingerprint density at radius 2 is 2.27 bits per heavy atom. The Morgan fingerprint density at radius 1 is 1.53 bits per heavy atom. The maximum absolute atomic E-state index is 13.1. The van der Waals surface area contributed by atoms with E-state index in [1.54, 1.807) is 26.0 Å². The van der Waals surface area contributed by atoms with Crippen LogP contribution in [0, 0.1) is 24.6 Å². The molecule has 0 bridgehead atoms. The minimum absolute atomic E-state index is 0.287. The van der Waals surface area contributed by atoms with Crippen molar-refractivity contribution in [1.29, 1.82) is 0 Å². The van der Waals surface area contributed by atoms with Crippen molar-refractivity contribution in [1.82, 2.24) is 0 Å². The molecule has 0 N–H and O–H groups in total. The second-order valence-electron chi connectivity index (χ2n) is 2.88. The van der Waals surface area contributed by atoms with Gasteiger partial charge in [-0.2, -0.15) is 0 Å². The highest BCUT2D eigenvalue weighted by Gasteiger charge is 2.00. The smallest absolute Gasteiger partial charge is 0.384 e. The predicted molar refractivity (Wildman–Crippen MR) is 54.6 cm³/mol. The zero-order chi connectivity index (χ0) is 11.3. The summed E-state index contributed by atoms with van der Waals surface area (Å²) in [6, 6.07) is 4.56. The third-order valence-corrected chi connectivity index (χ3v) is 1.84. The molecule has 0 spiro atoms. The molecule has 0 fully saturated rings. The van der Waals surface area contributed by atoms with Crippen LogP contribution < -0.4 is 0 Å². The van der Waals surface area contributed by atoms with Gasteiger partial charge in [0.25, 0.3) is 0 Å². The number of carbonyl (C=O) groups is 1. The molecule has 0 aliphatic heterocycles. The molecule has 0 heterocycles. The lowest BCUT2D eigenvalue weighted by Gasteiger charge is -1.98. The fourth-order valence-electron chi connectivity index (χ4n) is 1.03. The topological polar surface area (TPSA) is 26.3 Å². The monoisotopic (exact) mass is 206 g/mol. The summed E-state index contributed by atoms with van der Waals surface area (Å²) < 4.78 is 17.7. The lowest BCUT2D eigenvalue weighted by atomic mass is 10.1. The summed E-state index contributed by atoms with van der Waals surface area (Å²) in [6.45, 7) is 3.60. The molecule has 0 aliphatic carbocycles. The molecule has 0 aliphatic rings. The van der Waals surface area contributed by atoms with E-state index in [0.717, 1.165) is 0 Å². The van der Waals surface area contributed by atoms with Crippen LogP contribution in [0.3, 0.4) is 0 Å². The molecule has 0 saturated carbocycles. The molecule has 1 aromatic carbocycles. The second-order valence-corrected chi connectivity index (χ2v) is 2.88.